The first kappa shape index (κ1) is 17.2. The molecule has 6 heteroatoms. The van der Waals surface area contributed by atoms with Crippen LogP contribution in [0.25, 0.3) is 0 Å². The van der Waals surface area contributed by atoms with E-state index < -0.39 is 10.0 Å². The molecule has 0 aromatic heterocycles. The summed E-state index contributed by atoms with van der Waals surface area (Å²) in [5.41, 5.74) is 1.27. The summed E-state index contributed by atoms with van der Waals surface area (Å²) in [7, 11) is -3.21. The number of hydrogen-bond acceptors (Lipinski definition) is 4. The van der Waals surface area contributed by atoms with Gasteiger partial charge in [-0.25, -0.2) is 13.1 Å². The van der Waals surface area contributed by atoms with Gasteiger partial charge in [0.2, 0.25) is 10.0 Å². The minimum Gasteiger partial charge on any atom is -0.492 e. The minimum atomic E-state index is -3.21. The van der Waals surface area contributed by atoms with Crippen LogP contribution in [0, 0.1) is 0 Å². The van der Waals surface area contributed by atoms with Gasteiger partial charge in [-0.3, -0.25) is 0 Å². The predicted molar refractivity (Wildman–Crippen MR) is 88.8 cm³/mol. The fourth-order valence-corrected chi connectivity index (χ4v) is 3.61. The Morgan fingerprint density at radius 1 is 1.32 bits per heavy atom. The molecule has 22 heavy (non-hydrogen) atoms. The van der Waals surface area contributed by atoms with Crippen molar-refractivity contribution in [3.05, 3.63) is 29.8 Å². The lowest BCUT2D eigenvalue weighted by Crippen LogP contribution is -2.46. The maximum atomic E-state index is 11.4. The molecule has 3 atom stereocenters. The van der Waals surface area contributed by atoms with E-state index in [0.29, 0.717) is 12.5 Å². The lowest BCUT2D eigenvalue weighted by atomic mass is 10.0. The van der Waals surface area contributed by atoms with Gasteiger partial charge in [-0.1, -0.05) is 26.0 Å². The SMILES string of the molecule is CC(C)c1ccc(OC[C@@H]2N[C@H](C)C[C@@H]2NS(C)(=O)=O)cc1. The van der Waals surface area contributed by atoms with Crippen molar-refractivity contribution in [3.63, 3.8) is 0 Å². The Balaban J connectivity index is 1.94. The molecular formula is C16H26N2O3S. The van der Waals surface area contributed by atoms with Crippen LogP contribution in [-0.4, -0.2) is 39.4 Å². The Bertz CT molecular complexity index is 584. The van der Waals surface area contributed by atoms with E-state index in [4.69, 9.17) is 4.74 Å². The number of nitrogens with one attached hydrogen (secondary N) is 2. The topological polar surface area (TPSA) is 67.4 Å². The lowest BCUT2D eigenvalue weighted by molar-refractivity contribution is 0.261. The van der Waals surface area contributed by atoms with Crippen molar-refractivity contribution in [2.24, 2.45) is 0 Å². The van der Waals surface area contributed by atoms with Crippen LogP contribution in [0.5, 0.6) is 5.75 Å². The fraction of sp³-hybridized carbons (Fsp3) is 0.625. The molecule has 124 valence electrons. The second kappa shape index (κ2) is 6.98. The molecule has 2 rings (SSSR count). The highest BCUT2D eigenvalue weighted by molar-refractivity contribution is 7.88. The maximum Gasteiger partial charge on any atom is 0.209 e. The molecule has 2 N–H and O–H groups in total. The van der Waals surface area contributed by atoms with Crippen molar-refractivity contribution in [1.29, 1.82) is 0 Å². The van der Waals surface area contributed by atoms with Gasteiger partial charge in [-0.15, -0.1) is 0 Å². The highest BCUT2D eigenvalue weighted by Gasteiger charge is 2.33. The first-order valence-electron chi connectivity index (χ1n) is 7.70. The summed E-state index contributed by atoms with van der Waals surface area (Å²) in [6.07, 6.45) is 1.96. The van der Waals surface area contributed by atoms with E-state index in [1.54, 1.807) is 0 Å². The third kappa shape index (κ3) is 4.97. The van der Waals surface area contributed by atoms with Crippen LogP contribution in [0.2, 0.25) is 0 Å². The van der Waals surface area contributed by atoms with Gasteiger partial charge in [-0.05, 0) is 37.0 Å². The number of sulfonamides is 1. The number of hydrogen-bond donors (Lipinski definition) is 2. The van der Waals surface area contributed by atoms with Crippen LogP contribution in [0.1, 0.15) is 38.7 Å². The molecule has 0 amide bonds. The maximum absolute atomic E-state index is 11.4. The monoisotopic (exact) mass is 326 g/mol. The fourth-order valence-electron chi connectivity index (χ4n) is 2.80. The number of ether oxygens (including phenoxy) is 1. The van der Waals surface area contributed by atoms with E-state index in [-0.39, 0.29) is 18.1 Å². The Hall–Kier alpha value is -1.11. The van der Waals surface area contributed by atoms with Crippen molar-refractivity contribution >= 4 is 10.0 Å². The van der Waals surface area contributed by atoms with E-state index in [1.807, 2.05) is 19.1 Å². The van der Waals surface area contributed by atoms with E-state index in [9.17, 15) is 8.42 Å². The van der Waals surface area contributed by atoms with Gasteiger partial charge in [0.1, 0.15) is 12.4 Å². The molecule has 5 nitrogen and oxygen atoms in total. The van der Waals surface area contributed by atoms with Crippen LogP contribution in [0.15, 0.2) is 24.3 Å². The van der Waals surface area contributed by atoms with Crippen molar-refractivity contribution in [1.82, 2.24) is 10.0 Å². The molecule has 1 aromatic carbocycles. The standard InChI is InChI=1S/C16H26N2O3S/c1-11(2)13-5-7-14(8-6-13)21-10-16-15(9-12(3)17-16)18-22(4,19)20/h5-8,11-12,15-18H,9-10H2,1-4H3/t12-,15+,16+/m1/s1. The molecular weight excluding hydrogens is 300 g/mol. The van der Waals surface area contributed by atoms with Crippen molar-refractivity contribution in [2.45, 2.75) is 51.2 Å². The Labute approximate surface area is 133 Å². The highest BCUT2D eigenvalue weighted by Crippen LogP contribution is 2.20. The summed E-state index contributed by atoms with van der Waals surface area (Å²) >= 11 is 0. The molecule has 0 saturated carbocycles. The highest BCUT2D eigenvalue weighted by atomic mass is 32.2. The molecule has 0 spiro atoms. The molecule has 1 aromatic rings. The molecule has 1 aliphatic heterocycles. The molecule has 0 aliphatic carbocycles. The Morgan fingerprint density at radius 2 is 1.95 bits per heavy atom. The summed E-state index contributed by atoms with van der Waals surface area (Å²) in [6.45, 7) is 6.80. The summed E-state index contributed by atoms with van der Waals surface area (Å²) in [6, 6.07) is 8.19. The summed E-state index contributed by atoms with van der Waals surface area (Å²) < 4.78 is 31.4. The van der Waals surface area contributed by atoms with Crippen LogP contribution in [0.4, 0.5) is 0 Å². The van der Waals surface area contributed by atoms with Crippen LogP contribution in [-0.2, 0) is 10.0 Å². The average Bonchev–Trinajstić information content (AvgIpc) is 2.74. The molecule has 0 radical (unpaired) electrons. The van der Waals surface area contributed by atoms with Crippen molar-refractivity contribution < 1.29 is 13.2 Å². The second-order valence-electron chi connectivity index (χ2n) is 6.44. The third-order valence-electron chi connectivity index (χ3n) is 3.93. The molecule has 1 heterocycles. The Kier molecular flexibility index (Phi) is 5.47. The molecule has 1 aliphatic rings. The van der Waals surface area contributed by atoms with E-state index in [0.717, 1.165) is 12.2 Å². The van der Waals surface area contributed by atoms with Crippen molar-refractivity contribution in [3.8, 4) is 5.75 Å². The van der Waals surface area contributed by atoms with Crippen LogP contribution < -0.4 is 14.8 Å². The average molecular weight is 326 g/mol. The van der Waals surface area contributed by atoms with Gasteiger partial charge in [0.15, 0.2) is 0 Å². The van der Waals surface area contributed by atoms with Gasteiger partial charge in [0, 0.05) is 12.1 Å². The van der Waals surface area contributed by atoms with Gasteiger partial charge in [0.25, 0.3) is 0 Å². The number of benzene rings is 1. The van der Waals surface area contributed by atoms with Crippen molar-refractivity contribution in [2.75, 3.05) is 12.9 Å². The normalized spacial score (nSPS) is 25.6. The molecule has 1 fully saturated rings. The van der Waals surface area contributed by atoms with Gasteiger partial charge >= 0.3 is 0 Å². The van der Waals surface area contributed by atoms with Crippen LogP contribution in [0.3, 0.4) is 0 Å². The second-order valence-corrected chi connectivity index (χ2v) is 8.22. The quantitative estimate of drug-likeness (QED) is 0.837. The molecule has 1 saturated heterocycles. The zero-order valence-corrected chi connectivity index (χ0v) is 14.5. The zero-order chi connectivity index (χ0) is 16.3. The molecule has 0 unspecified atom stereocenters. The summed E-state index contributed by atoms with van der Waals surface area (Å²) in [5.74, 6) is 1.30. The third-order valence-corrected chi connectivity index (χ3v) is 4.66. The first-order valence-corrected chi connectivity index (χ1v) is 9.60. The molecule has 0 bridgehead atoms. The Morgan fingerprint density at radius 3 is 2.50 bits per heavy atom. The van der Waals surface area contributed by atoms with E-state index >= 15 is 0 Å². The van der Waals surface area contributed by atoms with E-state index in [2.05, 4.69) is 36.0 Å². The van der Waals surface area contributed by atoms with E-state index in [1.165, 1.54) is 11.8 Å². The van der Waals surface area contributed by atoms with Gasteiger partial charge in [0.05, 0.1) is 12.3 Å². The zero-order valence-electron chi connectivity index (χ0n) is 13.7. The smallest absolute Gasteiger partial charge is 0.209 e. The lowest BCUT2D eigenvalue weighted by Gasteiger charge is -2.20. The predicted octanol–water partition coefficient (Wildman–Crippen LogP) is 1.86. The minimum absolute atomic E-state index is 0.0190. The number of rotatable bonds is 6. The first-order chi connectivity index (χ1) is 10.2. The summed E-state index contributed by atoms with van der Waals surface area (Å²) in [4.78, 5) is 0. The largest absolute Gasteiger partial charge is 0.492 e. The van der Waals surface area contributed by atoms with Crippen LogP contribution >= 0.6 is 0 Å². The summed E-state index contributed by atoms with van der Waals surface area (Å²) in [5, 5.41) is 3.37. The van der Waals surface area contributed by atoms with Gasteiger partial charge in [-0.2, -0.15) is 0 Å². The van der Waals surface area contributed by atoms with Gasteiger partial charge < -0.3 is 10.1 Å².